The Bertz CT molecular complexity index is 329. The first-order valence-corrected chi connectivity index (χ1v) is 4.25. The fourth-order valence-corrected chi connectivity index (χ4v) is 0.995. The number of rotatable bonds is 3. The third kappa shape index (κ3) is 2.44. The maximum Gasteiger partial charge on any atom is 0.0605 e. The molecule has 0 radical (unpaired) electrons. The zero-order valence-electron chi connectivity index (χ0n) is 8.07. The molecular weight excluding hydrogens is 160 g/mol. The van der Waals surface area contributed by atoms with E-state index in [1.807, 2.05) is 49.0 Å². The van der Waals surface area contributed by atoms with Crippen molar-refractivity contribution in [1.29, 1.82) is 0 Å². The Balaban J connectivity index is 2.95. The van der Waals surface area contributed by atoms with Crippen LogP contribution in [-0.2, 0) is 0 Å². The molecule has 1 aromatic heterocycles. The van der Waals surface area contributed by atoms with Gasteiger partial charge < -0.3 is 0 Å². The van der Waals surface area contributed by atoms with Gasteiger partial charge in [-0.2, -0.15) is 5.10 Å². The molecule has 1 heterocycles. The quantitative estimate of drug-likeness (QED) is 0.644. The summed E-state index contributed by atoms with van der Waals surface area (Å²) in [6.07, 6.45) is 9.57. The van der Waals surface area contributed by atoms with Gasteiger partial charge in [0.25, 0.3) is 0 Å². The van der Waals surface area contributed by atoms with Crippen LogP contribution in [0.25, 0.3) is 5.70 Å². The number of aromatic nitrogens is 2. The van der Waals surface area contributed by atoms with Crippen LogP contribution >= 0.6 is 0 Å². The molecule has 0 aromatic carbocycles. The Hall–Kier alpha value is -1.57. The van der Waals surface area contributed by atoms with E-state index in [-0.39, 0.29) is 0 Å². The molecule has 0 unspecified atom stereocenters. The second-order valence-electron chi connectivity index (χ2n) is 2.76. The smallest absolute Gasteiger partial charge is 0.0605 e. The Morgan fingerprint density at radius 2 is 2.31 bits per heavy atom. The third-order valence-electron chi connectivity index (χ3n) is 1.76. The van der Waals surface area contributed by atoms with E-state index in [4.69, 9.17) is 0 Å². The van der Waals surface area contributed by atoms with Crippen LogP contribution in [0, 0.1) is 0 Å². The van der Waals surface area contributed by atoms with Crippen molar-refractivity contribution in [2.75, 3.05) is 0 Å². The van der Waals surface area contributed by atoms with Crippen LogP contribution in [0.4, 0.5) is 0 Å². The average Bonchev–Trinajstić information content (AvgIpc) is 2.66. The Morgan fingerprint density at radius 1 is 1.54 bits per heavy atom. The van der Waals surface area contributed by atoms with Crippen molar-refractivity contribution in [3.05, 3.63) is 48.8 Å². The van der Waals surface area contributed by atoms with Gasteiger partial charge in [-0.15, -0.1) is 0 Å². The highest BCUT2D eigenvalue weighted by atomic mass is 15.3. The molecule has 0 fully saturated rings. The van der Waals surface area contributed by atoms with E-state index < -0.39 is 0 Å². The first-order chi connectivity index (χ1) is 6.27. The van der Waals surface area contributed by atoms with E-state index in [2.05, 4.69) is 11.7 Å². The molecule has 13 heavy (non-hydrogen) atoms. The van der Waals surface area contributed by atoms with Crippen molar-refractivity contribution in [3.8, 4) is 0 Å². The summed E-state index contributed by atoms with van der Waals surface area (Å²) < 4.78 is 1.83. The molecular formula is C11H14N2. The van der Waals surface area contributed by atoms with Gasteiger partial charge in [-0.1, -0.05) is 18.7 Å². The summed E-state index contributed by atoms with van der Waals surface area (Å²) >= 11 is 0. The predicted molar refractivity (Wildman–Crippen MR) is 56.1 cm³/mol. The molecule has 68 valence electrons. The number of hydrogen-bond acceptors (Lipinski definition) is 1. The van der Waals surface area contributed by atoms with Gasteiger partial charge in [0, 0.05) is 12.4 Å². The molecule has 1 rings (SSSR count). The van der Waals surface area contributed by atoms with Crippen LogP contribution < -0.4 is 0 Å². The summed E-state index contributed by atoms with van der Waals surface area (Å²) in [5, 5.41) is 4.14. The fraction of sp³-hybridized carbons (Fsp3) is 0.182. The summed E-state index contributed by atoms with van der Waals surface area (Å²) in [7, 11) is 0. The minimum atomic E-state index is 1.06. The molecule has 2 heteroatoms. The Labute approximate surface area is 78.9 Å². The molecule has 0 saturated heterocycles. The topological polar surface area (TPSA) is 17.8 Å². The minimum Gasteiger partial charge on any atom is -0.241 e. The largest absolute Gasteiger partial charge is 0.241 e. The predicted octanol–water partition coefficient (Wildman–Crippen LogP) is 2.88. The number of nitrogens with zero attached hydrogens (tertiary/aromatic N) is 2. The van der Waals surface area contributed by atoms with Gasteiger partial charge in [0.05, 0.1) is 5.70 Å². The summed E-state index contributed by atoms with van der Waals surface area (Å²) in [6, 6.07) is 1.90. The van der Waals surface area contributed by atoms with Gasteiger partial charge in [0.2, 0.25) is 0 Å². The third-order valence-corrected chi connectivity index (χ3v) is 1.76. The molecule has 0 spiro atoms. The lowest BCUT2D eigenvalue weighted by molar-refractivity contribution is 0.907. The van der Waals surface area contributed by atoms with E-state index in [0.717, 1.165) is 11.3 Å². The van der Waals surface area contributed by atoms with Crippen LogP contribution in [0.15, 0.2) is 48.8 Å². The lowest BCUT2D eigenvalue weighted by atomic mass is 10.2. The van der Waals surface area contributed by atoms with E-state index in [1.54, 1.807) is 6.20 Å². The highest BCUT2D eigenvalue weighted by Gasteiger charge is 1.94. The second-order valence-corrected chi connectivity index (χ2v) is 2.76. The van der Waals surface area contributed by atoms with Gasteiger partial charge in [-0.3, -0.25) is 0 Å². The zero-order valence-corrected chi connectivity index (χ0v) is 8.07. The molecule has 0 aliphatic heterocycles. The molecule has 0 amide bonds. The van der Waals surface area contributed by atoms with Crippen molar-refractivity contribution in [1.82, 2.24) is 9.78 Å². The summed E-state index contributed by atoms with van der Waals surface area (Å²) in [5.41, 5.74) is 2.19. The normalized spacial score (nSPS) is 13.1. The lowest BCUT2D eigenvalue weighted by Crippen LogP contribution is -1.94. The number of allylic oxidation sites excluding steroid dienone is 5. The van der Waals surface area contributed by atoms with E-state index in [9.17, 15) is 0 Å². The van der Waals surface area contributed by atoms with Crippen molar-refractivity contribution < 1.29 is 0 Å². The molecule has 0 bridgehead atoms. The van der Waals surface area contributed by atoms with E-state index in [1.165, 1.54) is 0 Å². The Kier molecular flexibility index (Phi) is 3.26. The summed E-state index contributed by atoms with van der Waals surface area (Å²) in [6.45, 7) is 7.71. The van der Waals surface area contributed by atoms with Crippen LogP contribution in [0.2, 0.25) is 0 Å². The maximum absolute atomic E-state index is 4.14. The highest BCUT2D eigenvalue weighted by Crippen LogP contribution is 2.08. The van der Waals surface area contributed by atoms with Gasteiger partial charge in [0.1, 0.15) is 0 Å². The van der Waals surface area contributed by atoms with Crippen molar-refractivity contribution in [2.45, 2.75) is 13.8 Å². The average molecular weight is 174 g/mol. The molecule has 2 nitrogen and oxygen atoms in total. The Morgan fingerprint density at radius 3 is 2.77 bits per heavy atom. The molecule has 0 saturated carbocycles. The maximum atomic E-state index is 4.14. The summed E-state index contributed by atoms with van der Waals surface area (Å²) in [5.74, 6) is 0. The van der Waals surface area contributed by atoms with Crippen LogP contribution in [0.5, 0.6) is 0 Å². The van der Waals surface area contributed by atoms with Crippen LogP contribution in [0.3, 0.4) is 0 Å². The van der Waals surface area contributed by atoms with Crippen molar-refractivity contribution in [2.24, 2.45) is 0 Å². The first kappa shape index (κ1) is 9.52. The first-order valence-electron chi connectivity index (χ1n) is 4.25. The summed E-state index contributed by atoms with van der Waals surface area (Å²) in [4.78, 5) is 0. The second kappa shape index (κ2) is 4.45. The highest BCUT2D eigenvalue weighted by molar-refractivity contribution is 5.57. The van der Waals surface area contributed by atoms with Gasteiger partial charge in [-0.25, -0.2) is 4.68 Å². The van der Waals surface area contributed by atoms with E-state index in [0.29, 0.717) is 0 Å². The van der Waals surface area contributed by atoms with Gasteiger partial charge in [0.15, 0.2) is 0 Å². The van der Waals surface area contributed by atoms with Gasteiger partial charge >= 0.3 is 0 Å². The zero-order chi connectivity index (χ0) is 9.68. The molecule has 0 atom stereocenters. The van der Waals surface area contributed by atoms with Crippen LogP contribution in [-0.4, -0.2) is 9.78 Å². The van der Waals surface area contributed by atoms with Crippen LogP contribution in [0.1, 0.15) is 13.8 Å². The molecule has 0 N–H and O–H groups in total. The number of hydrogen-bond donors (Lipinski definition) is 0. The minimum absolute atomic E-state index is 1.06. The van der Waals surface area contributed by atoms with Crippen molar-refractivity contribution >= 4 is 5.70 Å². The molecule has 1 aromatic rings. The SMILES string of the molecule is C=C/C(C)=C\C(=C/C)n1cccn1. The lowest BCUT2D eigenvalue weighted by Gasteiger charge is -2.01. The molecule has 0 aliphatic rings. The van der Waals surface area contributed by atoms with E-state index >= 15 is 0 Å². The fourth-order valence-electron chi connectivity index (χ4n) is 0.995. The van der Waals surface area contributed by atoms with Gasteiger partial charge in [-0.05, 0) is 31.6 Å². The monoisotopic (exact) mass is 174 g/mol. The standard InChI is InChI=1S/C11H14N2/c1-4-10(3)9-11(5-2)13-8-6-7-12-13/h4-9H,1H2,2-3H3/b10-9-,11-5+. The van der Waals surface area contributed by atoms with Crippen molar-refractivity contribution in [3.63, 3.8) is 0 Å². The molecule has 0 aliphatic carbocycles.